The lowest BCUT2D eigenvalue weighted by molar-refractivity contribution is -0.614. The molecule has 0 amide bonds. The number of nitrogens with one attached hydrogen (secondary N) is 1. The number of carbonyl (C=O) groups is 1. The van der Waals surface area contributed by atoms with Gasteiger partial charge in [-0.3, -0.25) is 9.52 Å². The van der Waals surface area contributed by atoms with Crippen LogP contribution in [0.3, 0.4) is 0 Å². The van der Waals surface area contributed by atoms with E-state index < -0.39 is 15.8 Å². The molecule has 0 saturated carbocycles. The molecule has 0 aliphatic heterocycles. The topological polar surface area (TPSA) is 90.2 Å². The zero-order valence-electron chi connectivity index (χ0n) is 15.8. The van der Waals surface area contributed by atoms with Crippen molar-refractivity contribution in [1.29, 1.82) is 0 Å². The van der Waals surface area contributed by atoms with Gasteiger partial charge in [-0.25, -0.2) is 8.42 Å². The molecule has 0 bridgehead atoms. The summed E-state index contributed by atoms with van der Waals surface area (Å²) >= 11 is 0. The number of rotatable bonds is 5. The second kappa shape index (κ2) is 7.44. The standard InChI is InChI=1S/C21H20N2O4S/c1-14-7-10-17(11-8-14)28(26,27)22-19-12-9-15(2)13-18(19)21(24)20-6-4-5-16(3)23(20)25/h4-13,22H,1-3H3. The fourth-order valence-electron chi connectivity index (χ4n) is 2.77. The summed E-state index contributed by atoms with van der Waals surface area (Å²) in [6.07, 6.45) is 0. The monoisotopic (exact) mass is 396 g/mol. The van der Waals surface area contributed by atoms with Crippen molar-refractivity contribution in [2.45, 2.75) is 25.7 Å². The van der Waals surface area contributed by atoms with E-state index in [4.69, 9.17) is 0 Å². The van der Waals surface area contributed by atoms with Crippen molar-refractivity contribution in [1.82, 2.24) is 0 Å². The molecule has 3 rings (SSSR count). The van der Waals surface area contributed by atoms with E-state index in [0.717, 1.165) is 11.1 Å². The molecule has 1 aromatic heterocycles. The molecule has 0 radical (unpaired) electrons. The Balaban J connectivity index is 2.05. The number of hydrogen-bond acceptors (Lipinski definition) is 4. The molecule has 1 N–H and O–H groups in total. The van der Waals surface area contributed by atoms with E-state index in [-0.39, 0.29) is 21.8 Å². The van der Waals surface area contributed by atoms with Gasteiger partial charge in [0.1, 0.15) is 0 Å². The lowest BCUT2D eigenvalue weighted by Crippen LogP contribution is -2.37. The van der Waals surface area contributed by atoms with Crippen LogP contribution < -0.4 is 9.45 Å². The molecule has 0 atom stereocenters. The highest BCUT2D eigenvalue weighted by molar-refractivity contribution is 7.92. The highest BCUT2D eigenvalue weighted by Crippen LogP contribution is 2.24. The number of aryl methyl sites for hydroxylation is 3. The number of nitrogens with zero attached hydrogens (tertiary/aromatic N) is 1. The number of carbonyl (C=O) groups excluding carboxylic acids is 1. The Morgan fingerprint density at radius 2 is 1.57 bits per heavy atom. The van der Waals surface area contributed by atoms with Crippen molar-refractivity contribution in [3.05, 3.63) is 93.9 Å². The summed E-state index contributed by atoms with van der Waals surface area (Å²) in [5.41, 5.74) is 2.25. The van der Waals surface area contributed by atoms with Crippen molar-refractivity contribution in [2.24, 2.45) is 0 Å². The second-order valence-electron chi connectivity index (χ2n) is 6.64. The third kappa shape index (κ3) is 3.89. The fourth-order valence-corrected chi connectivity index (χ4v) is 3.85. The van der Waals surface area contributed by atoms with Crippen molar-refractivity contribution in [3.8, 4) is 0 Å². The van der Waals surface area contributed by atoms with E-state index >= 15 is 0 Å². The van der Waals surface area contributed by atoms with Crippen LogP contribution >= 0.6 is 0 Å². The third-order valence-electron chi connectivity index (χ3n) is 4.36. The van der Waals surface area contributed by atoms with Crippen LogP contribution in [-0.4, -0.2) is 14.2 Å². The minimum absolute atomic E-state index is 0.0682. The van der Waals surface area contributed by atoms with Crippen molar-refractivity contribution in [2.75, 3.05) is 4.72 Å². The summed E-state index contributed by atoms with van der Waals surface area (Å²) in [6.45, 7) is 5.25. The SMILES string of the molecule is Cc1ccc(S(=O)(=O)Nc2ccc(C)cc2C(=O)c2cccc(C)[n+]2[O-])cc1. The molecule has 0 aliphatic rings. The van der Waals surface area contributed by atoms with Gasteiger partial charge in [-0.1, -0.05) is 29.3 Å². The number of aromatic nitrogens is 1. The van der Waals surface area contributed by atoms with Crippen LogP contribution in [0, 0.1) is 26.0 Å². The summed E-state index contributed by atoms with van der Waals surface area (Å²) in [6, 6.07) is 15.8. The van der Waals surface area contributed by atoms with Gasteiger partial charge >= 0.3 is 0 Å². The highest BCUT2D eigenvalue weighted by atomic mass is 32.2. The molecule has 7 heteroatoms. The summed E-state index contributed by atoms with van der Waals surface area (Å²) in [7, 11) is -3.89. The average molecular weight is 396 g/mol. The predicted molar refractivity (Wildman–Crippen MR) is 107 cm³/mol. The van der Waals surface area contributed by atoms with E-state index in [9.17, 15) is 18.4 Å². The molecule has 28 heavy (non-hydrogen) atoms. The number of anilines is 1. The zero-order chi connectivity index (χ0) is 20.5. The first kappa shape index (κ1) is 19.6. The fraction of sp³-hybridized carbons (Fsp3) is 0.143. The Morgan fingerprint density at radius 1 is 0.929 bits per heavy atom. The smallest absolute Gasteiger partial charge is 0.265 e. The van der Waals surface area contributed by atoms with Gasteiger partial charge in [-0.2, -0.15) is 4.73 Å². The maximum atomic E-state index is 13.0. The van der Waals surface area contributed by atoms with Crippen LogP contribution in [0.25, 0.3) is 0 Å². The van der Waals surface area contributed by atoms with Crippen molar-refractivity contribution >= 4 is 21.5 Å². The van der Waals surface area contributed by atoms with Crippen LogP contribution in [0.1, 0.15) is 32.9 Å². The Kier molecular flexibility index (Phi) is 5.20. The molecule has 1 heterocycles. The van der Waals surface area contributed by atoms with Crippen LogP contribution in [0.4, 0.5) is 5.69 Å². The molecule has 144 valence electrons. The first-order valence-corrected chi connectivity index (χ1v) is 10.1. The maximum absolute atomic E-state index is 13.0. The van der Waals surface area contributed by atoms with Crippen molar-refractivity contribution < 1.29 is 17.9 Å². The molecule has 0 spiro atoms. The van der Waals surface area contributed by atoms with E-state index in [0.29, 0.717) is 10.4 Å². The van der Waals surface area contributed by atoms with Crippen LogP contribution in [0.5, 0.6) is 0 Å². The molecular weight excluding hydrogens is 376 g/mol. The Bertz CT molecular complexity index is 1150. The van der Waals surface area contributed by atoms with Gasteiger partial charge in [0.2, 0.25) is 0 Å². The van der Waals surface area contributed by atoms with E-state index in [1.807, 2.05) is 6.92 Å². The minimum atomic E-state index is -3.89. The predicted octanol–water partition coefficient (Wildman–Crippen LogP) is 3.28. The summed E-state index contributed by atoms with van der Waals surface area (Å²) in [4.78, 5) is 13.1. The Hall–Kier alpha value is -3.19. The number of sulfonamides is 1. The quantitative estimate of drug-likeness (QED) is 0.407. The van der Waals surface area contributed by atoms with Gasteiger partial charge in [-0.15, -0.1) is 0 Å². The first-order valence-electron chi connectivity index (χ1n) is 8.63. The number of ketones is 1. The van der Waals surface area contributed by atoms with Crippen molar-refractivity contribution in [3.63, 3.8) is 0 Å². The zero-order valence-corrected chi connectivity index (χ0v) is 16.6. The molecule has 6 nitrogen and oxygen atoms in total. The highest BCUT2D eigenvalue weighted by Gasteiger charge is 2.24. The van der Waals surface area contributed by atoms with Crippen LogP contribution in [0.15, 0.2) is 65.6 Å². The average Bonchev–Trinajstić information content (AvgIpc) is 2.65. The second-order valence-corrected chi connectivity index (χ2v) is 8.33. The van der Waals surface area contributed by atoms with Gasteiger partial charge in [0.25, 0.3) is 21.5 Å². The lowest BCUT2D eigenvalue weighted by atomic mass is 10.0. The Morgan fingerprint density at radius 3 is 2.25 bits per heavy atom. The molecule has 2 aromatic carbocycles. The van der Waals surface area contributed by atoms with E-state index in [2.05, 4.69) is 4.72 Å². The van der Waals surface area contributed by atoms with Crippen LogP contribution in [-0.2, 0) is 10.0 Å². The number of hydrogen-bond donors (Lipinski definition) is 1. The van der Waals surface area contributed by atoms with Gasteiger partial charge in [0.15, 0.2) is 5.69 Å². The molecule has 3 aromatic rings. The number of pyridine rings is 1. The summed E-state index contributed by atoms with van der Waals surface area (Å²) in [5.74, 6) is -0.552. The van der Waals surface area contributed by atoms with Gasteiger partial charge in [-0.05, 0) is 44.2 Å². The largest absolute Gasteiger partial charge is 0.618 e. The molecule has 0 aliphatic carbocycles. The van der Waals surface area contributed by atoms with E-state index in [1.54, 1.807) is 50.2 Å². The summed E-state index contributed by atoms with van der Waals surface area (Å²) in [5, 5.41) is 12.3. The number of benzene rings is 2. The maximum Gasteiger partial charge on any atom is 0.265 e. The molecule has 0 unspecified atom stereocenters. The minimum Gasteiger partial charge on any atom is -0.618 e. The van der Waals surface area contributed by atoms with Gasteiger partial charge in [0, 0.05) is 19.1 Å². The normalized spacial score (nSPS) is 11.2. The lowest BCUT2D eigenvalue weighted by Gasteiger charge is -2.13. The van der Waals surface area contributed by atoms with E-state index in [1.165, 1.54) is 24.3 Å². The van der Waals surface area contributed by atoms with Crippen LogP contribution in [0.2, 0.25) is 0 Å². The molecule has 0 fully saturated rings. The van der Waals surface area contributed by atoms with Gasteiger partial charge in [0.05, 0.1) is 16.1 Å². The third-order valence-corrected chi connectivity index (χ3v) is 5.74. The molecule has 0 saturated heterocycles. The first-order chi connectivity index (χ1) is 13.2. The summed E-state index contributed by atoms with van der Waals surface area (Å²) < 4.78 is 28.5. The van der Waals surface area contributed by atoms with Gasteiger partial charge < -0.3 is 5.21 Å². The molecular formula is C21H20N2O4S. The Labute approximate surface area is 164 Å².